The van der Waals surface area contributed by atoms with Crippen molar-refractivity contribution in [1.29, 1.82) is 5.26 Å². The van der Waals surface area contributed by atoms with Crippen molar-refractivity contribution >= 4 is 23.2 Å². The molecule has 0 aliphatic carbocycles. The van der Waals surface area contributed by atoms with Crippen LogP contribution in [0.1, 0.15) is 28.8 Å². The highest BCUT2D eigenvalue weighted by Crippen LogP contribution is 2.33. The fourth-order valence-corrected chi connectivity index (χ4v) is 4.66. The number of aryl methyl sites for hydroxylation is 1. The topological polar surface area (TPSA) is 82.2 Å². The van der Waals surface area contributed by atoms with E-state index in [1.807, 2.05) is 28.8 Å². The van der Waals surface area contributed by atoms with Crippen LogP contribution >= 0.6 is 0 Å². The summed E-state index contributed by atoms with van der Waals surface area (Å²) in [5.74, 6) is -0.465. The van der Waals surface area contributed by atoms with Crippen molar-refractivity contribution in [2.24, 2.45) is 13.0 Å². The molecule has 0 bridgehead atoms. The molecule has 0 spiro atoms. The van der Waals surface area contributed by atoms with Crippen molar-refractivity contribution in [3.63, 3.8) is 0 Å². The van der Waals surface area contributed by atoms with E-state index in [2.05, 4.69) is 23.3 Å². The maximum Gasteiger partial charge on any atom is 0.232 e. The predicted octanol–water partition coefficient (Wildman–Crippen LogP) is 2.82. The van der Waals surface area contributed by atoms with Gasteiger partial charge in [0, 0.05) is 56.2 Å². The van der Waals surface area contributed by atoms with Gasteiger partial charge in [-0.3, -0.25) is 14.3 Å². The maximum atomic E-state index is 13.3. The van der Waals surface area contributed by atoms with Crippen LogP contribution in [0.3, 0.4) is 0 Å². The molecule has 1 fully saturated rings. The molecule has 5 rings (SSSR count). The molecule has 0 N–H and O–H groups in total. The number of fused-ring (bicyclic) bond motifs is 1. The smallest absolute Gasteiger partial charge is 0.232 e. The van der Waals surface area contributed by atoms with Gasteiger partial charge in [-0.25, -0.2) is 0 Å². The summed E-state index contributed by atoms with van der Waals surface area (Å²) in [5, 5.41) is 13.4. The van der Waals surface area contributed by atoms with Crippen molar-refractivity contribution in [1.82, 2.24) is 9.78 Å². The molecule has 0 saturated carbocycles. The van der Waals surface area contributed by atoms with Crippen LogP contribution in [0.15, 0.2) is 54.7 Å². The molecule has 7 nitrogen and oxygen atoms in total. The molecule has 2 aliphatic heterocycles. The van der Waals surface area contributed by atoms with Crippen molar-refractivity contribution in [2.75, 3.05) is 22.9 Å². The zero-order valence-electron chi connectivity index (χ0n) is 17.9. The maximum absolute atomic E-state index is 13.3. The van der Waals surface area contributed by atoms with E-state index in [0.717, 1.165) is 24.2 Å². The Morgan fingerprint density at radius 2 is 2.09 bits per heavy atom. The van der Waals surface area contributed by atoms with Crippen LogP contribution in [0.2, 0.25) is 0 Å². The minimum Gasteiger partial charge on any atom is -0.312 e. The quantitative estimate of drug-likeness (QED) is 0.644. The van der Waals surface area contributed by atoms with E-state index in [4.69, 9.17) is 5.26 Å². The minimum absolute atomic E-state index is 0.00424. The molecule has 1 aromatic heterocycles. The third kappa shape index (κ3) is 3.54. The van der Waals surface area contributed by atoms with E-state index >= 15 is 0 Å². The summed E-state index contributed by atoms with van der Waals surface area (Å²) in [6.07, 6.45) is 3.60. The second kappa shape index (κ2) is 7.97. The highest BCUT2D eigenvalue weighted by atomic mass is 16.2. The third-order valence-electron chi connectivity index (χ3n) is 6.37. The van der Waals surface area contributed by atoms with Gasteiger partial charge >= 0.3 is 0 Å². The van der Waals surface area contributed by atoms with E-state index in [-0.39, 0.29) is 24.2 Å². The summed E-state index contributed by atoms with van der Waals surface area (Å²) in [4.78, 5) is 29.4. The Hall–Kier alpha value is -3.92. The molecular weight excluding hydrogens is 402 g/mol. The van der Waals surface area contributed by atoms with E-state index in [0.29, 0.717) is 24.3 Å². The number of nitrogens with zero attached hydrogens (tertiary/aromatic N) is 5. The van der Waals surface area contributed by atoms with Crippen LogP contribution in [-0.4, -0.2) is 34.7 Å². The summed E-state index contributed by atoms with van der Waals surface area (Å²) < 4.78 is 1.87. The first kappa shape index (κ1) is 20.0. The van der Waals surface area contributed by atoms with Crippen molar-refractivity contribution in [3.8, 4) is 6.07 Å². The fourth-order valence-electron chi connectivity index (χ4n) is 4.66. The van der Waals surface area contributed by atoms with Gasteiger partial charge in [-0.05, 0) is 47.9 Å². The lowest BCUT2D eigenvalue weighted by Crippen LogP contribution is -2.36. The molecule has 2 aliphatic rings. The van der Waals surface area contributed by atoms with Crippen molar-refractivity contribution < 1.29 is 9.59 Å². The predicted molar refractivity (Wildman–Crippen MR) is 120 cm³/mol. The third-order valence-corrected chi connectivity index (χ3v) is 6.37. The molecule has 3 aromatic rings. The highest BCUT2D eigenvalue weighted by Gasteiger charge is 2.39. The highest BCUT2D eigenvalue weighted by molar-refractivity contribution is 6.05. The normalized spacial score (nSPS) is 17.5. The number of aromatic nitrogens is 2. The molecule has 0 radical (unpaired) electrons. The Kier molecular flexibility index (Phi) is 4.98. The number of hydrogen-bond acceptors (Lipinski definition) is 4. The van der Waals surface area contributed by atoms with Gasteiger partial charge in [0.1, 0.15) is 0 Å². The Balaban J connectivity index is 1.31. The summed E-state index contributed by atoms with van der Waals surface area (Å²) in [7, 11) is 1.94. The van der Waals surface area contributed by atoms with Crippen LogP contribution in [0.25, 0.3) is 0 Å². The Labute approximate surface area is 186 Å². The number of benzene rings is 2. The van der Waals surface area contributed by atoms with E-state index < -0.39 is 0 Å². The van der Waals surface area contributed by atoms with Crippen LogP contribution in [0, 0.1) is 17.2 Å². The average Bonchev–Trinajstić information content (AvgIpc) is 3.52. The van der Waals surface area contributed by atoms with Crippen LogP contribution in [0.5, 0.6) is 0 Å². The Bertz CT molecular complexity index is 1260. The van der Waals surface area contributed by atoms with Crippen molar-refractivity contribution in [3.05, 3.63) is 77.1 Å². The zero-order chi connectivity index (χ0) is 22.2. The molecule has 7 heteroatoms. The number of anilines is 2. The number of hydrogen-bond donors (Lipinski definition) is 0. The zero-order valence-corrected chi connectivity index (χ0v) is 17.9. The molecule has 2 amide bonds. The first-order chi connectivity index (χ1) is 15.5. The Morgan fingerprint density at radius 3 is 2.88 bits per heavy atom. The first-order valence-corrected chi connectivity index (χ1v) is 10.7. The van der Waals surface area contributed by atoms with E-state index in [9.17, 15) is 9.59 Å². The molecule has 32 heavy (non-hydrogen) atoms. The number of nitriles is 1. The van der Waals surface area contributed by atoms with Gasteiger partial charge < -0.3 is 9.80 Å². The fraction of sp³-hybridized carbons (Fsp3) is 0.280. The monoisotopic (exact) mass is 425 g/mol. The molecule has 160 valence electrons. The SMILES string of the molecule is Cn1nccc1Cc1ccc2c(c1)CCN2C(=O)C1CC(=O)N(c2cccc(C#N)c2)C1. The van der Waals surface area contributed by atoms with Gasteiger partial charge in [-0.1, -0.05) is 18.2 Å². The minimum atomic E-state index is -0.381. The largest absolute Gasteiger partial charge is 0.312 e. The van der Waals surface area contributed by atoms with Crippen LogP contribution in [0.4, 0.5) is 11.4 Å². The second-order valence-electron chi connectivity index (χ2n) is 8.39. The lowest BCUT2D eigenvalue weighted by atomic mass is 10.0. The summed E-state index contributed by atoms with van der Waals surface area (Å²) >= 11 is 0. The number of amides is 2. The standard InChI is InChI=1S/C25H23N5O2/c1-28-21(7-9-27-28)12-17-5-6-23-19(11-17)8-10-29(23)25(32)20-14-24(31)30(16-20)22-4-2-3-18(13-22)15-26/h2-7,9,11,13,20H,8,10,12,14,16H2,1H3. The lowest BCUT2D eigenvalue weighted by Gasteiger charge is -2.22. The van der Waals surface area contributed by atoms with Gasteiger partial charge in [0.05, 0.1) is 17.6 Å². The van der Waals surface area contributed by atoms with Crippen molar-refractivity contribution in [2.45, 2.75) is 19.3 Å². The van der Waals surface area contributed by atoms with Gasteiger partial charge in [0.2, 0.25) is 11.8 Å². The average molecular weight is 425 g/mol. The van der Waals surface area contributed by atoms with Gasteiger partial charge in [-0.15, -0.1) is 0 Å². The molecule has 3 heterocycles. The van der Waals surface area contributed by atoms with Gasteiger partial charge in [-0.2, -0.15) is 10.4 Å². The molecule has 1 atom stereocenters. The molecular formula is C25H23N5O2. The van der Waals surface area contributed by atoms with Crippen LogP contribution in [-0.2, 0) is 29.5 Å². The summed E-state index contributed by atoms with van der Waals surface area (Å²) in [6, 6.07) is 17.3. The van der Waals surface area contributed by atoms with Gasteiger partial charge in [0.25, 0.3) is 0 Å². The first-order valence-electron chi connectivity index (χ1n) is 10.7. The van der Waals surface area contributed by atoms with E-state index in [1.54, 1.807) is 35.4 Å². The van der Waals surface area contributed by atoms with Crippen LogP contribution < -0.4 is 9.80 Å². The molecule has 2 aromatic carbocycles. The van der Waals surface area contributed by atoms with Gasteiger partial charge in [0.15, 0.2) is 0 Å². The molecule has 1 unspecified atom stereocenters. The summed E-state index contributed by atoms with van der Waals surface area (Å²) in [6.45, 7) is 0.981. The summed E-state index contributed by atoms with van der Waals surface area (Å²) in [5.41, 5.74) is 5.62. The van der Waals surface area contributed by atoms with E-state index in [1.165, 1.54) is 11.1 Å². The number of carbonyl (C=O) groups excluding carboxylic acids is 2. The Morgan fingerprint density at radius 1 is 1.22 bits per heavy atom. The number of carbonyl (C=O) groups is 2. The second-order valence-corrected chi connectivity index (χ2v) is 8.39. The lowest BCUT2D eigenvalue weighted by molar-refractivity contribution is -0.124. The molecule has 1 saturated heterocycles. The number of rotatable bonds is 4.